The number of nitrogens with one attached hydrogen (secondary N) is 1. The zero-order valence-electron chi connectivity index (χ0n) is 11.7. The highest BCUT2D eigenvalue weighted by molar-refractivity contribution is 8.00. The highest BCUT2D eigenvalue weighted by atomic mass is 32.2. The van der Waals surface area contributed by atoms with E-state index in [1.54, 1.807) is 0 Å². The van der Waals surface area contributed by atoms with Gasteiger partial charge in [-0.05, 0) is 43.9 Å². The Bertz CT molecular complexity index is 410. The molecule has 0 spiro atoms. The van der Waals surface area contributed by atoms with Gasteiger partial charge in [-0.25, -0.2) is 0 Å². The number of unbranched alkanes of at least 4 members (excludes halogenated alkanes) is 1. The van der Waals surface area contributed by atoms with E-state index in [-0.39, 0.29) is 0 Å². The molecule has 1 aromatic rings. The van der Waals surface area contributed by atoms with Crippen LogP contribution in [0.25, 0.3) is 0 Å². The highest BCUT2D eigenvalue weighted by Crippen LogP contribution is 2.39. The number of terminal acetylenes is 1. The molecule has 1 N–H and O–H groups in total. The lowest BCUT2D eigenvalue weighted by Crippen LogP contribution is -2.38. The van der Waals surface area contributed by atoms with Gasteiger partial charge >= 0.3 is 0 Å². The van der Waals surface area contributed by atoms with E-state index >= 15 is 0 Å². The summed E-state index contributed by atoms with van der Waals surface area (Å²) >= 11 is 2.04. The van der Waals surface area contributed by atoms with Gasteiger partial charge in [-0.15, -0.1) is 24.1 Å². The van der Waals surface area contributed by atoms with E-state index in [0.717, 1.165) is 19.4 Å². The lowest BCUT2D eigenvalue weighted by Gasteiger charge is -2.24. The van der Waals surface area contributed by atoms with Crippen LogP contribution in [-0.2, 0) is 6.42 Å². The first-order valence-corrected chi connectivity index (χ1v) is 8.14. The molecule has 2 rings (SSSR count). The van der Waals surface area contributed by atoms with Crippen LogP contribution >= 0.6 is 11.8 Å². The molecule has 2 heteroatoms. The monoisotopic (exact) mass is 273 g/mol. The van der Waals surface area contributed by atoms with E-state index in [9.17, 15) is 0 Å². The van der Waals surface area contributed by atoms with Crippen LogP contribution in [0.2, 0.25) is 0 Å². The molecule has 0 saturated carbocycles. The number of fused-ring (bicyclic) bond motifs is 1. The van der Waals surface area contributed by atoms with Crippen LogP contribution in [-0.4, -0.2) is 17.8 Å². The third kappa shape index (κ3) is 4.03. The molecule has 2 atom stereocenters. The first-order chi connectivity index (χ1) is 9.35. The Balaban J connectivity index is 1.94. The Kier molecular flexibility index (Phi) is 5.82. The van der Waals surface area contributed by atoms with Crippen molar-refractivity contribution in [3.8, 4) is 12.3 Å². The molecule has 1 heterocycles. The molecule has 0 amide bonds. The van der Waals surface area contributed by atoms with Crippen molar-refractivity contribution in [1.82, 2.24) is 5.32 Å². The van der Waals surface area contributed by atoms with Crippen LogP contribution in [0.5, 0.6) is 0 Å². The van der Waals surface area contributed by atoms with Crippen molar-refractivity contribution in [3.05, 3.63) is 29.8 Å². The van der Waals surface area contributed by atoms with Gasteiger partial charge in [0, 0.05) is 22.6 Å². The highest BCUT2D eigenvalue weighted by Gasteiger charge is 2.28. The van der Waals surface area contributed by atoms with Gasteiger partial charge in [0.05, 0.1) is 0 Å². The lowest BCUT2D eigenvalue weighted by molar-refractivity contribution is 0.456. The summed E-state index contributed by atoms with van der Waals surface area (Å²) in [6, 6.07) is 9.39. The molecule has 1 aliphatic heterocycles. The predicted molar refractivity (Wildman–Crippen MR) is 84.6 cm³/mol. The molecule has 19 heavy (non-hydrogen) atoms. The molecule has 0 saturated heterocycles. The fourth-order valence-corrected chi connectivity index (χ4v) is 4.05. The third-order valence-electron chi connectivity index (χ3n) is 3.61. The van der Waals surface area contributed by atoms with Crippen molar-refractivity contribution in [2.24, 2.45) is 0 Å². The van der Waals surface area contributed by atoms with Gasteiger partial charge in [-0.2, -0.15) is 0 Å². The van der Waals surface area contributed by atoms with E-state index in [2.05, 4.69) is 42.4 Å². The second-order valence-corrected chi connectivity index (χ2v) is 6.41. The first kappa shape index (κ1) is 14.5. The molecule has 0 fully saturated rings. The van der Waals surface area contributed by atoms with Gasteiger partial charge in [-0.1, -0.05) is 25.1 Å². The summed E-state index contributed by atoms with van der Waals surface area (Å²) in [4.78, 5) is 1.47. The maximum absolute atomic E-state index is 5.36. The Morgan fingerprint density at radius 3 is 3.05 bits per heavy atom. The summed E-state index contributed by atoms with van der Waals surface area (Å²) in [6.07, 6.45) is 11.0. The summed E-state index contributed by atoms with van der Waals surface area (Å²) in [5.74, 6) is 2.75. The molecular formula is C17H23NS. The van der Waals surface area contributed by atoms with Gasteiger partial charge in [0.15, 0.2) is 0 Å². The maximum Gasteiger partial charge on any atom is 0.0289 e. The first-order valence-electron chi connectivity index (χ1n) is 7.26. The van der Waals surface area contributed by atoms with Crippen molar-refractivity contribution in [2.45, 2.75) is 55.2 Å². The van der Waals surface area contributed by atoms with Gasteiger partial charge in [0.1, 0.15) is 0 Å². The van der Waals surface area contributed by atoms with Crippen LogP contribution in [0.3, 0.4) is 0 Å². The van der Waals surface area contributed by atoms with E-state index < -0.39 is 0 Å². The quantitative estimate of drug-likeness (QED) is 0.598. The summed E-state index contributed by atoms with van der Waals surface area (Å²) < 4.78 is 0. The Morgan fingerprint density at radius 1 is 1.47 bits per heavy atom. The molecule has 0 aromatic heterocycles. The second kappa shape index (κ2) is 7.62. The standard InChI is InChI=1S/C17H23NS/c1-3-5-6-10-15(18-12-4-2)17-13-14-9-7-8-11-16(14)19-17/h1,7-9,11,15,17-18H,4-6,10,12-13H2,2H3. The van der Waals surface area contributed by atoms with Crippen molar-refractivity contribution >= 4 is 11.8 Å². The van der Waals surface area contributed by atoms with Gasteiger partial charge in [0.25, 0.3) is 0 Å². The number of benzene rings is 1. The molecular weight excluding hydrogens is 250 g/mol. The molecule has 1 aliphatic rings. The molecule has 102 valence electrons. The molecule has 2 unspecified atom stereocenters. The average molecular weight is 273 g/mol. The largest absolute Gasteiger partial charge is 0.313 e. The molecule has 1 nitrogen and oxygen atoms in total. The minimum Gasteiger partial charge on any atom is -0.313 e. The summed E-state index contributed by atoms with van der Waals surface area (Å²) in [7, 11) is 0. The average Bonchev–Trinajstić information content (AvgIpc) is 2.86. The summed E-state index contributed by atoms with van der Waals surface area (Å²) in [5.41, 5.74) is 1.51. The second-order valence-electron chi connectivity index (χ2n) is 5.13. The molecule has 0 bridgehead atoms. The Hall–Kier alpha value is -0.910. The van der Waals surface area contributed by atoms with Crippen LogP contribution in [0.4, 0.5) is 0 Å². The van der Waals surface area contributed by atoms with Crippen molar-refractivity contribution in [1.29, 1.82) is 0 Å². The van der Waals surface area contributed by atoms with Crippen LogP contribution in [0.1, 0.15) is 38.2 Å². The number of thioether (sulfide) groups is 1. The fourth-order valence-electron chi connectivity index (χ4n) is 2.61. The number of hydrogen-bond acceptors (Lipinski definition) is 2. The molecule has 0 radical (unpaired) electrons. The number of rotatable bonds is 7. The number of hydrogen-bond donors (Lipinski definition) is 1. The summed E-state index contributed by atoms with van der Waals surface area (Å²) in [5, 5.41) is 4.38. The minimum absolute atomic E-state index is 0.589. The summed E-state index contributed by atoms with van der Waals surface area (Å²) in [6.45, 7) is 3.33. The molecule has 0 aliphatic carbocycles. The van der Waals surface area contributed by atoms with Crippen molar-refractivity contribution < 1.29 is 0 Å². The Morgan fingerprint density at radius 2 is 2.32 bits per heavy atom. The predicted octanol–water partition coefficient (Wildman–Crippen LogP) is 3.88. The Labute approximate surface area is 121 Å². The van der Waals surface area contributed by atoms with E-state index in [4.69, 9.17) is 6.42 Å². The normalized spacial score (nSPS) is 18.8. The zero-order chi connectivity index (χ0) is 13.5. The fraction of sp³-hybridized carbons (Fsp3) is 0.529. The van der Waals surface area contributed by atoms with Crippen LogP contribution < -0.4 is 5.32 Å². The topological polar surface area (TPSA) is 12.0 Å². The van der Waals surface area contributed by atoms with Crippen molar-refractivity contribution in [3.63, 3.8) is 0 Å². The van der Waals surface area contributed by atoms with Gasteiger partial charge in [0.2, 0.25) is 0 Å². The van der Waals surface area contributed by atoms with E-state index in [1.807, 2.05) is 11.8 Å². The van der Waals surface area contributed by atoms with Gasteiger partial charge in [-0.3, -0.25) is 0 Å². The van der Waals surface area contributed by atoms with Crippen LogP contribution in [0, 0.1) is 12.3 Å². The SMILES string of the molecule is C#CCCCC(NCCC)C1Cc2ccccc2S1. The lowest BCUT2D eigenvalue weighted by atomic mass is 10.0. The molecule has 1 aromatic carbocycles. The minimum atomic E-state index is 0.589. The van der Waals surface area contributed by atoms with Gasteiger partial charge < -0.3 is 5.32 Å². The smallest absolute Gasteiger partial charge is 0.0289 e. The van der Waals surface area contributed by atoms with E-state index in [0.29, 0.717) is 11.3 Å². The zero-order valence-corrected chi connectivity index (χ0v) is 12.5. The van der Waals surface area contributed by atoms with E-state index in [1.165, 1.54) is 29.7 Å². The maximum atomic E-state index is 5.36. The third-order valence-corrected chi connectivity index (χ3v) is 5.06. The van der Waals surface area contributed by atoms with Crippen molar-refractivity contribution in [2.75, 3.05) is 6.54 Å². The van der Waals surface area contributed by atoms with Crippen LogP contribution in [0.15, 0.2) is 29.2 Å².